The number of hydrogen-bond donors (Lipinski definition) is 1. The Morgan fingerprint density at radius 2 is 1.67 bits per heavy atom. The Balaban J connectivity index is 0.000000148. The first-order valence-electron chi connectivity index (χ1n) is 2.78. The van der Waals surface area contributed by atoms with E-state index in [1.165, 1.54) is 12.8 Å². The van der Waals surface area contributed by atoms with Crippen LogP contribution >= 0.6 is 0 Å². The molecule has 0 spiro atoms. The Hall–Kier alpha value is 0.0700. The SMILES string of the molecule is CC1(C)CC1.NS(=O)[O-]. The summed E-state index contributed by atoms with van der Waals surface area (Å²) in [7, 11) is 0. The molecule has 1 rings (SSSR count). The molecule has 1 saturated carbocycles. The van der Waals surface area contributed by atoms with Gasteiger partial charge in [0.05, 0.1) is 0 Å². The maximum atomic E-state index is 8.78. The molecule has 0 aliphatic heterocycles. The number of hydrogen-bond acceptors (Lipinski definition) is 2. The molecule has 0 radical (unpaired) electrons. The summed E-state index contributed by atoms with van der Waals surface area (Å²) >= 11 is -2.36. The highest BCUT2D eigenvalue weighted by molar-refractivity contribution is 7.76. The van der Waals surface area contributed by atoms with Gasteiger partial charge in [-0.05, 0) is 18.3 Å². The highest BCUT2D eigenvalue weighted by Gasteiger charge is 2.30. The first kappa shape index (κ1) is 9.07. The van der Waals surface area contributed by atoms with E-state index in [0.29, 0.717) is 0 Å². The van der Waals surface area contributed by atoms with Gasteiger partial charge >= 0.3 is 0 Å². The predicted molar refractivity (Wildman–Crippen MR) is 36.1 cm³/mol. The topological polar surface area (TPSA) is 66.2 Å². The molecule has 0 saturated heterocycles. The van der Waals surface area contributed by atoms with Crippen LogP contribution in [-0.2, 0) is 11.3 Å². The van der Waals surface area contributed by atoms with E-state index in [0.717, 1.165) is 5.41 Å². The third kappa shape index (κ3) is 11.6. The molecule has 1 aliphatic rings. The summed E-state index contributed by atoms with van der Waals surface area (Å²) < 4.78 is 17.6. The molecular weight excluding hydrogens is 138 g/mol. The zero-order valence-electron chi connectivity index (χ0n) is 5.72. The fourth-order valence-corrected chi connectivity index (χ4v) is 0.250. The van der Waals surface area contributed by atoms with Crippen LogP contribution in [0.4, 0.5) is 0 Å². The van der Waals surface area contributed by atoms with Crippen LogP contribution in [0.3, 0.4) is 0 Å². The summed E-state index contributed by atoms with van der Waals surface area (Å²) in [5.41, 5.74) is 0.750. The Morgan fingerprint density at radius 3 is 1.67 bits per heavy atom. The maximum absolute atomic E-state index is 8.78. The summed E-state index contributed by atoms with van der Waals surface area (Å²) in [4.78, 5) is 0. The van der Waals surface area contributed by atoms with Crippen molar-refractivity contribution in [1.29, 1.82) is 0 Å². The van der Waals surface area contributed by atoms with Crippen LogP contribution < -0.4 is 5.14 Å². The molecule has 1 unspecified atom stereocenters. The van der Waals surface area contributed by atoms with E-state index >= 15 is 0 Å². The molecule has 2 N–H and O–H groups in total. The molecule has 0 amide bonds. The van der Waals surface area contributed by atoms with E-state index in [2.05, 4.69) is 19.0 Å². The first-order valence-corrected chi connectivity index (χ1v) is 3.91. The zero-order valence-corrected chi connectivity index (χ0v) is 6.53. The van der Waals surface area contributed by atoms with Crippen molar-refractivity contribution < 1.29 is 8.76 Å². The Bertz CT molecular complexity index is 104. The van der Waals surface area contributed by atoms with E-state index in [1.54, 1.807) is 0 Å². The van der Waals surface area contributed by atoms with Crippen LogP contribution in [0, 0.1) is 5.41 Å². The van der Waals surface area contributed by atoms with Gasteiger partial charge in [0.25, 0.3) is 0 Å². The molecule has 0 aromatic carbocycles. The van der Waals surface area contributed by atoms with E-state index in [4.69, 9.17) is 8.76 Å². The average molecular weight is 150 g/mol. The number of rotatable bonds is 0. The zero-order chi connectivity index (χ0) is 7.49. The summed E-state index contributed by atoms with van der Waals surface area (Å²) in [6.07, 6.45) is 2.90. The summed E-state index contributed by atoms with van der Waals surface area (Å²) in [5, 5.41) is 4.03. The summed E-state index contributed by atoms with van der Waals surface area (Å²) in [5.74, 6) is 0. The van der Waals surface area contributed by atoms with Crippen molar-refractivity contribution in [1.82, 2.24) is 0 Å². The van der Waals surface area contributed by atoms with Gasteiger partial charge in [-0.3, -0.25) is 9.35 Å². The third-order valence-corrected chi connectivity index (χ3v) is 1.25. The van der Waals surface area contributed by atoms with Crippen molar-refractivity contribution in [3.63, 3.8) is 0 Å². The Kier molecular flexibility index (Phi) is 3.32. The van der Waals surface area contributed by atoms with Gasteiger partial charge < -0.3 is 4.55 Å². The molecule has 56 valence electrons. The lowest BCUT2D eigenvalue weighted by Crippen LogP contribution is -1.97. The standard InChI is InChI=1S/C5H10.H3NO2S/c1-5(2)3-4-5;1-4(2)3/h3-4H2,1-2H3;1H2,(H,2,3)/p-1. The minimum absolute atomic E-state index is 0.750. The molecule has 0 aromatic rings. The van der Waals surface area contributed by atoms with Crippen molar-refractivity contribution in [3.8, 4) is 0 Å². The molecule has 1 aliphatic carbocycles. The largest absolute Gasteiger partial charge is 0.760 e. The minimum Gasteiger partial charge on any atom is -0.760 e. The van der Waals surface area contributed by atoms with Gasteiger partial charge in [0.1, 0.15) is 0 Å². The normalized spacial score (nSPS) is 23.6. The predicted octanol–water partition coefficient (Wildman–Crippen LogP) is 0.546. The van der Waals surface area contributed by atoms with Gasteiger partial charge in [-0.2, -0.15) is 0 Å². The quantitative estimate of drug-likeness (QED) is 0.512. The smallest absolute Gasteiger partial charge is 0.0152 e. The maximum Gasteiger partial charge on any atom is 0.0152 e. The van der Waals surface area contributed by atoms with Crippen molar-refractivity contribution in [2.75, 3.05) is 0 Å². The van der Waals surface area contributed by atoms with Crippen LogP contribution in [0.15, 0.2) is 0 Å². The molecule has 9 heavy (non-hydrogen) atoms. The Labute approximate surface area is 58.1 Å². The van der Waals surface area contributed by atoms with E-state index in [-0.39, 0.29) is 0 Å². The summed E-state index contributed by atoms with van der Waals surface area (Å²) in [6.45, 7) is 4.60. The van der Waals surface area contributed by atoms with Crippen molar-refractivity contribution in [3.05, 3.63) is 0 Å². The number of nitrogens with two attached hydrogens (primary N) is 1. The lowest BCUT2D eigenvalue weighted by atomic mass is 10.2. The van der Waals surface area contributed by atoms with Crippen LogP contribution in [0.25, 0.3) is 0 Å². The molecule has 1 fully saturated rings. The van der Waals surface area contributed by atoms with Crippen LogP contribution in [0.2, 0.25) is 0 Å². The second-order valence-corrected chi connectivity index (χ2v) is 3.45. The molecule has 4 heteroatoms. The fourth-order valence-electron chi connectivity index (χ4n) is 0.250. The van der Waals surface area contributed by atoms with Crippen molar-refractivity contribution >= 4 is 11.3 Å². The van der Waals surface area contributed by atoms with Gasteiger partial charge in [-0.1, -0.05) is 13.8 Å². The van der Waals surface area contributed by atoms with Gasteiger partial charge in [-0.25, -0.2) is 0 Å². The second kappa shape index (κ2) is 3.29. The van der Waals surface area contributed by atoms with Crippen LogP contribution in [-0.4, -0.2) is 8.76 Å². The van der Waals surface area contributed by atoms with Gasteiger partial charge in [0, 0.05) is 11.3 Å². The third-order valence-electron chi connectivity index (χ3n) is 1.25. The summed E-state index contributed by atoms with van der Waals surface area (Å²) in [6, 6.07) is 0. The Morgan fingerprint density at radius 1 is 1.56 bits per heavy atom. The minimum atomic E-state index is -2.36. The molecule has 3 nitrogen and oxygen atoms in total. The molecular formula is C5H12NO2S-. The fraction of sp³-hybridized carbons (Fsp3) is 1.00. The second-order valence-electron chi connectivity index (χ2n) is 2.92. The van der Waals surface area contributed by atoms with Crippen molar-refractivity contribution in [2.24, 2.45) is 10.6 Å². The van der Waals surface area contributed by atoms with E-state index < -0.39 is 11.3 Å². The lowest BCUT2D eigenvalue weighted by molar-refractivity contribution is 0.539. The van der Waals surface area contributed by atoms with Crippen LogP contribution in [0.5, 0.6) is 0 Å². The van der Waals surface area contributed by atoms with Gasteiger partial charge in [-0.15, -0.1) is 0 Å². The molecule has 0 bridgehead atoms. The molecule has 0 aromatic heterocycles. The molecule has 0 heterocycles. The van der Waals surface area contributed by atoms with Gasteiger partial charge in [0.2, 0.25) is 0 Å². The highest BCUT2D eigenvalue weighted by Crippen LogP contribution is 2.43. The van der Waals surface area contributed by atoms with Crippen LogP contribution in [0.1, 0.15) is 26.7 Å². The average Bonchev–Trinajstić information content (AvgIpc) is 2.16. The highest BCUT2D eigenvalue weighted by atomic mass is 32.2. The van der Waals surface area contributed by atoms with E-state index in [9.17, 15) is 0 Å². The monoisotopic (exact) mass is 150 g/mol. The van der Waals surface area contributed by atoms with Gasteiger partial charge in [0.15, 0.2) is 0 Å². The molecule has 1 atom stereocenters. The first-order chi connectivity index (χ1) is 3.94. The van der Waals surface area contributed by atoms with Crippen molar-refractivity contribution in [2.45, 2.75) is 26.7 Å². The lowest BCUT2D eigenvalue weighted by Gasteiger charge is -1.86. The van der Waals surface area contributed by atoms with E-state index in [1.807, 2.05) is 0 Å².